The highest BCUT2D eigenvalue weighted by Crippen LogP contribution is 2.17. The number of fused-ring (bicyclic) bond motifs is 1. The van der Waals surface area contributed by atoms with E-state index in [0.29, 0.717) is 37.6 Å². The molecule has 0 aromatic carbocycles. The number of aromatic nitrogens is 5. The Morgan fingerprint density at radius 2 is 1.92 bits per heavy atom. The number of rotatable bonds is 3. The predicted molar refractivity (Wildman–Crippen MR) is 94.4 cm³/mol. The van der Waals surface area contributed by atoms with E-state index in [2.05, 4.69) is 25.2 Å². The topological polar surface area (TPSA) is 88.8 Å². The van der Waals surface area contributed by atoms with E-state index in [1.807, 2.05) is 19.1 Å². The van der Waals surface area contributed by atoms with Crippen molar-refractivity contribution in [3.8, 4) is 5.75 Å². The zero-order valence-electron chi connectivity index (χ0n) is 14.7. The summed E-state index contributed by atoms with van der Waals surface area (Å²) in [5.41, 5.74) is 1.13. The number of hydrogen-bond donors (Lipinski definition) is 0. The minimum atomic E-state index is -0.0818. The monoisotopic (exact) mass is 353 g/mol. The van der Waals surface area contributed by atoms with Gasteiger partial charge in [-0.2, -0.15) is 4.52 Å². The minimum Gasteiger partial charge on any atom is -0.497 e. The van der Waals surface area contributed by atoms with Gasteiger partial charge in [-0.1, -0.05) is 0 Å². The summed E-state index contributed by atoms with van der Waals surface area (Å²) in [5.74, 6) is 2.15. The number of piperazine rings is 1. The molecule has 4 heterocycles. The van der Waals surface area contributed by atoms with Crippen molar-refractivity contribution in [2.75, 3.05) is 38.2 Å². The smallest absolute Gasteiger partial charge is 0.272 e. The number of methoxy groups -OCH3 is 1. The molecule has 26 heavy (non-hydrogen) atoms. The third-order valence-corrected chi connectivity index (χ3v) is 4.48. The molecule has 3 aromatic rings. The van der Waals surface area contributed by atoms with Gasteiger partial charge < -0.3 is 14.5 Å². The van der Waals surface area contributed by atoms with Crippen molar-refractivity contribution in [2.45, 2.75) is 6.92 Å². The van der Waals surface area contributed by atoms with E-state index in [4.69, 9.17) is 4.74 Å². The van der Waals surface area contributed by atoms with E-state index in [9.17, 15) is 4.79 Å². The molecule has 0 bridgehead atoms. The zero-order valence-corrected chi connectivity index (χ0v) is 14.7. The summed E-state index contributed by atoms with van der Waals surface area (Å²) in [6.07, 6.45) is 1.59. The Kier molecular flexibility index (Phi) is 4.11. The molecule has 1 amide bonds. The molecule has 0 spiro atoms. The molecule has 3 aromatic heterocycles. The fourth-order valence-electron chi connectivity index (χ4n) is 3.01. The highest BCUT2D eigenvalue weighted by Gasteiger charge is 2.24. The van der Waals surface area contributed by atoms with Crippen LogP contribution in [0.2, 0.25) is 0 Å². The predicted octanol–water partition coefficient (Wildman–Crippen LogP) is 0.799. The third-order valence-electron chi connectivity index (χ3n) is 4.48. The number of anilines is 1. The van der Waals surface area contributed by atoms with Crippen LogP contribution in [0.15, 0.2) is 30.5 Å². The molecule has 1 saturated heterocycles. The Hall–Kier alpha value is -3.23. The summed E-state index contributed by atoms with van der Waals surface area (Å²) in [5, 5.41) is 12.7. The number of aryl methyl sites for hydroxylation is 1. The zero-order chi connectivity index (χ0) is 18.1. The van der Waals surface area contributed by atoms with Crippen molar-refractivity contribution < 1.29 is 9.53 Å². The first-order valence-electron chi connectivity index (χ1n) is 8.39. The molecule has 1 aliphatic rings. The van der Waals surface area contributed by atoms with Crippen molar-refractivity contribution in [1.82, 2.24) is 29.7 Å². The number of hydrogen-bond acceptors (Lipinski definition) is 7. The summed E-state index contributed by atoms with van der Waals surface area (Å²) in [4.78, 5) is 20.8. The van der Waals surface area contributed by atoms with Crippen LogP contribution >= 0.6 is 0 Å². The van der Waals surface area contributed by atoms with Crippen molar-refractivity contribution >= 4 is 17.4 Å². The second-order valence-corrected chi connectivity index (χ2v) is 6.07. The van der Waals surface area contributed by atoms with Gasteiger partial charge in [0.05, 0.1) is 7.11 Å². The lowest BCUT2D eigenvalue weighted by molar-refractivity contribution is 0.0740. The van der Waals surface area contributed by atoms with Crippen molar-refractivity contribution in [3.63, 3.8) is 0 Å². The fourth-order valence-corrected chi connectivity index (χ4v) is 3.01. The van der Waals surface area contributed by atoms with Gasteiger partial charge in [0.25, 0.3) is 5.91 Å². The van der Waals surface area contributed by atoms with Crippen LogP contribution in [0.4, 0.5) is 5.82 Å². The standard InChI is InChI=1S/C17H19N7O2/c1-12-19-20-15-3-4-16(21-24(12)15)22-7-9-23(10-8-22)17(25)14-11-13(26-2)5-6-18-14/h3-6,11H,7-10H2,1-2H3. The van der Waals surface area contributed by atoms with Crippen LogP contribution in [0.5, 0.6) is 5.75 Å². The molecule has 1 fully saturated rings. The van der Waals surface area contributed by atoms with Crippen LogP contribution in [-0.4, -0.2) is 68.9 Å². The maximum absolute atomic E-state index is 12.6. The van der Waals surface area contributed by atoms with Gasteiger partial charge in [-0.15, -0.1) is 15.3 Å². The Morgan fingerprint density at radius 3 is 2.69 bits per heavy atom. The molecule has 1 aliphatic heterocycles. The summed E-state index contributed by atoms with van der Waals surface area (Å²) >= 11 is 0. The molecule has 0 saturated carbocycles. The number of pyridine rings is 1. The van der Waals surface area contributed by atoms with E-state index in [0.717, 1.165) is 17.3 Å². The number of carbonyl (C=O) groups is 1. The molecule has 0 radical (unpaired) electrons. The molecule has 134 valence electrons. The van der Waals surface area contributed by atoms with Gasteiger partial charge in [-0.3, -0.25) is 9.78 Å². The van der Waals surface area contributed by atoms with E-state index in [1.165, 1.54) is 0 Å². The van der Waals surface area contributed by atoms with Gasteiger partial charge in [0.1, 0.15) is 17.3 Å². The molecular weight excluding hydrogens is 334 g/mol. The van der Waals surface area contributed by atoms with E-state index in [-0.39, 0.29) is 5.91 Å². The number of ether oxygens (including phenoxy) is 1. The van der Waals surface area contributed by atoms with E-state index < -0.39 is 0 Å². The Balaban J connectivity index is 1.46. The van der Waals surface area contributed by atoms with Crippen LogP contribution in [0.25, 0.3) is 5.65 Å². The van der Waals surface area contributed by atoms with E-state index >= 15 is 0 Å². The first kappa shape index (κ1) is 16.2. The summed E-state index contributed by atoms with van der Waals surface area (Å²) in [6, 6.07) is 7.23. The van der Waals surface area contributed by atoms with Gasteiger partial charge in [-0.05, 0) is 25.1 Å². The normalized spacial score (nSPS) is 14.7. The van der Waals surface area contributed by atoms with Crippen LogP contribution in [0, 0.1) is 6.92 Å². The van der Waals surface area contributed by atoms with Crippen molar-refractivity contribution in [2.24, 2.45) is 0 Å². The number of amides is 1. The maximum atomic E-state index is 12.6. The van der Waals surface area contributed by atoms with Crippen molar-refractivity contribution in [1.29, 1.82) is 0 Å². The highest BCUT2D eigenvalue weighted by molar-refractivity contribution is 5.92. The number of carbonyl (C=O) groups excluding carboxylic acids is 1. The molecule has 4 rings (SSSR count). The maximum Gasteiger partial charge on any atom is 0.272 e. The van der Waals surface area contributed by atoms with Gasteiger partial charge >= 0.3 is 0 Å². The van der Waals surface area contributed by atoms with Gasteiger partial charge in [0.2, 0.25) is 0 Å². The second kappa shape index (κ2) is 6.58. The summed E-state index contributed by atoms with van der Waals surface area (Å²) < 4.78 is 6.89. The van der Waals surface area contributed by atoms with E-state index in [1.54, 1.807) is 34.9 Å². The third kappa shape index (κ3) is 2.92. The molecule has 9 heteroatoms. The molecule has 0 N–H and O–H groups in total. The molecule has 0 atom stereocenters. The molecule has 9 nitrogen and oxygen atoms in total. The fraction of sp³-hybridized carbons (Fsp3) is 0.353. The molecule has 0 unspecified atom stereocenters. The molecular formula is C17H19N7O2. The Labute approximate surface area is 150 Å². The van der Waals surface area contributed by atoms with Crippen LogP contribution in [-0.2, 0) is 0 Å². The lowest BCUT2D eigenvalue weighted by Gasteiger charge is -2.35. The largest absolute Gasteiger partial charge is 0.497 e. The SMILES string of the molecule is COc1ccnc(C(=O)N2CCN(c3ccc4nnc(C)n4n3)CC2)c1. The lowest BCUT2D eigenvalue weighted by atomic mass is 10.2. The van der Waals surface area contributed by atoms with Crippen LogP contribution in [0.1, 0.15) is 16.3 Å². The second-order valence-electron chi connectivity index (χ2n) is 6.07. The first-order chi connectivity index (χ1) is 12.7. The first-order valence-corrected chi connectivity index (χ1v) is 8.39. The highest BCUT2D eigenvalue weighted by atomic mass is 16.5. The Bertz CT molecular complexity index is 947. The average Bonchev–Trinajstić information content (AvgIpc) is 3.08. The number of nitrogens with zero attached hydrogens (tertiary/aromatic N) is 7. The summed E-state index contributed by atoms with van der Waals surface area (Å²) in [7, 11) is 1.57. The summed E-state index contributed by atoms with van der Waals surface area (Å²) in [6.45, 7) is 4.50. The average molecular weight is 353 g/mol. The molecule has 0 aliphatic carbocycles. The van der Waals surface area contributed by atoms with Crippen LogP contribution in [0.3, 0.4) is 0 Å². The van der Waals surface area contributed by atoms with Crippen LogP contribution < -0.4 is 9.64 Å². The van der Waals surface area contributed by atoms with Gasteiger partial charge in [0.15, 0.2) is 11.5 Å². The Morgan fingerprint density at radius 1 is 1.12 bits per heavy atom. The van der Waals surface area contributed by atoms with Gasteiger partial charge in [-0.25, -0.2) is 0 Å². The lowest BCUT2D eigenvalue weighted by Crippen LogP contribution is -2.49. The van der Waals surface area contributed by atoms with Gasteiger partial charge in [0, 0.05) is 38.4 Å². The van der Waals surface area contributed by atoms with Crippen molar-refractivity contribution in [3.05, 3.63) is 42.0 Å². The quantitative estimate of drug-likeness (QED) is 0.688. The minimum absolute atomic E-state index is 0.0818.